The fourth-order valence-electron chi connectivity index (χ4n) is 3.16. The number of ether oxygens (including phenoxy) is 1. The van der Waals surface area contributed by atoms with Crippen LogP contribution in [0.3, 0.4) is 0 Å². The zero-order valence-electron chi connectivity index (χ0n) is 12.3. The third-order valence-electron chi connectivity index (χ3n) is 4.21. The first kappa shape index (κ1) is 15.1. The first-order valence-corrected chi connectivity index (χ1v) is 7.76. The van der Waals surface area contributed by atoms with Crippen molar-refractivity contribution < 1.29 is 9.53 Å². The van der Waals surface area contributed by atoms with E-state index in [1.165, 1.54) is 32.1 Å². The van der Waals surface area contributed by atoms with Crippen molar-refractivity contribution in [3.05, 3.63) is 0 Å². The summed E-state index contributed by atoms with van der Waals surface area (Å²) in [7, 11) is 0. The van der Waals surface area contributed by atoms with Crippen molar-refractivity contribution in [2.24, 2.45) is 5.92 Å². The minimum atomic E-state index is -0.217. The lowest BCUT2D eigenvalue weighted by molar-refractivity contribution is 0.154. The molecule has 0 aromatic heterocycles. The molecule has 20 heavy (non-hydrogen) atoms. The maximum atomic E-state index is 11.4. The van der Waals surface area contributed by atoms with Gasteiger partial charge < -0.3 is 9.64 Å². The minimum Gasteiger partial charge on any atom is -0.448 e. The quantitative estimate of drug-likeness (QED) is 0.810. The SMILES string of the molecule is CC(CC(C#N)NC1CCCCC1)CN1CCOC1=O. The lowest BCUT2D eigenvalue weighted by atomic mass is 9.93. The van der Waals surface area contributed by atoms with Gasteiger partial charge in [-0.3, -0.25) is 5.32 Å². The maximum absolute atomic E-state index is 11.4. The summed E-state index contributed by atoms with van der Waals surface area (Å²) in [6.45, 7) is 3.95. The molecule has 2 unspecified atom stereocenters. The van der Waals surface area contributed by atoms with Gasteiger partial charge in [0.25, 0.3) is 0 Å². The normalized spacial score (nSPS) is 23.2. The molecule has 0 aromatic rings. The summed E-state index contributed by atoms with van der Waals surface area (Å²) in [4.78, 5) is 13.1. The van der Waals surface area contributed by atoms with E-state index >= 15 is 0 Å². The van der Waals surface area contributed by atoms with Gasteiger partial charge in [-0.05, 0) is 25.2 Å². The first-order valence-electron chi connectivity index (χ1n) is 7.76. The summed E-state index contributed by atoms with van der Waals surface area (Å²) in [5.74, 6) is 0.307. The third-order valence-corrected chi connectivity index (χ3v) is 4.21. The lowest BCUT2D eigenvalue weighted by Crippen LogP contribution is -2.40. The Morgan fingerprint density at radius 1 is 1.45 bits per heavy atom. The Hall–Kier alpha value is -1.28. The number of nitrogens with one attached hydrogen (secondary N) is 1. The number of carbonyl (C=O) groups excluding carboxylic acids is 1. The van der Waals surface area contributed by atoms with Crippen molar-refractivity contribution in [1.82, 2.24) is 10.2 Å². The molecule has 2 atom stereocenters. The van der Waals surface area contributed by atoms with Crippen LogP contribution in [0.4, 0.5) is 4.79 Å². The van der Waals surface area contributed by atoms with Gasteiger partial charge >= 0.3 is 6.09 Å². The molecular weight excluding hydrogens is 254 g/mol. The van der Waals surface area contributed by atoms with Gasteiger partial charge in [0.05, 0.1) is 18.7 Å². The second kappa shape index (κ2) is 7.49. The Kier molecular flexibility index (Phi) is 5.66. The summed E-state index contributed by atoms with van der Waals surface area (Å²) in [5.41, 5.74) is 0. The fourth-order valence-corrected chi connectivity index (χ4v) is 3.16. The Bertz CT molecular complexity index is 361. The van der Waals surface area contributed by atoms with Crippen LogP contribution in [0.1, 0.15) is 45.4 Å². The number of nitriles is 1. The van der Waals surface area contributed by atoms with Crippen LogP contribution in [0.5, 0.6) is 0 Å². The smallest absolute Gasteiger partial charge is 0.409 e. The van der Waals surface area contributed by atoms with Gasteiger partial charge in [-0.1, -0.05) is 26.2 Å². The summed E-state index contributed by atoms with van der Waals surface area (Å²) >= 11 is 0. The van der Waals surface area contributed by atoms with Crippen LogP contribution in [0.25, 0.3) is 0 Å². The Labute approximate surface area is 121 Å². The van der Waals surface area contributed by atoms with Crippen molar-refractivity contribution >= 4 is 6.09 Å². The van der Waals surface area contributed by atoms with Gasteiger partial charge in [-0.2, -0.15) is 5.26 Å². The van der Waals surface area contributed by atoms with Gasteiger partial charge in [-0.25, -0.2) is 4.79 Å². The second-order valence-corrected chi connectivity index (χ2v) is 6.08. The van der Waals surface area contributed by atoms with E-state index in [1.54, 1.807) is 4.90 Å². The van der Waals surface area contributed by atoms with E-state index in [2.05, 4.69) is 18.3 Å². The number of hydrogen-bond acceptors (Lipinski definition) is 4. The molecule has 5 heteroatoms. The van der Waals surface area contributed by atoms with E-state index in [4.69, 9.17) is 4.74 Å². The molecule has 0 spiro atoms. The summed E-state index contributed by atoms with van der Waals surface area (Å²) in [6, 6.07) is 2.76. The predicted octanol–water partition coefficient (Wildman–Crippen LogP) is 2.28. The van der Waals surface area contributed by atoms with Crippen molar-refractivity contribution in [3.8, 4) is 6.07 Å². The van der Waals surface area contributed by atoms with Gasteiger partial charge in [0, 0.05) is 12.6 Å². The number of rotatable bonds is 6. The number of carbonyl (C=O) groups is 1. The molecule has 0 radical (unpaired) electrons. The Morgan fingerprint density at radius 3 is 2.80 bits per heavy atom. The average molecular weight is 279 g/mol. The molecule has 2 aliphatic rings. The summed E-state index contributed by atoms with van der Waals surface area (Å²) in [5, 5.41) is 12.8. The highest BCUT2D eigenvalue weighted by molar-refractivity contribution is 5.69. The minimum absolute atomic E-state index is 0.105. The number of cyclic esters (lactones) is 1. The molecule has 1 saturated carbocycles. The molecule has 1 saturated heterocycles. The van der Waals surface area contributed by atoms with Crippen molar-refractivity contribution in [2.45, 2.75) is 57.5 Å². The molecular formula is C15H25N3O2. The average Bonchev–Trinajstić information content (AvgIpc) is 2.84. The van der Waals surface area contributed by atoms with Crippen molar-refractivity contribution in [1.29, 1.82) is 5.26 Å². The van der Waals surface area contributed by atoms with Crippen LogP contribution in [0.2, 0.25) is 0 Å². The monoisotopic (exact) mass is 279 g/mol. The molecule has 0 aromatic carbocycles. The van der Waals surface area contributed by atoms with Crippen molar-refractivity contribution in [2.75, 3.05) is 19.7 Å². The third kappa shape index (κ3) is 4.38. The van der Waals surface area contributed by atoms with Gasteiger partial charge in [0.15, 0.2) is 0 Å². The molecule has 2 fully saturated rings. The Balaban J connectivity index is 1.74. The molecule has 2 rings (SSSR count). The molecule has 5 nitrogen and oxygen atoms in total. The standard InChI is InChI=1S/C15H25N3O2/c1-12(11-18-7-8-20-15(18)19)9-14(10-16)17-13-5-3-2-4-6-13/h12-14,17H,2-9,11H2,1H3. The van der Waals surface area contributed by atoms with Crippen LogP contribution < -0.4 is 5.32 Å². The second-order valence-electron chi connectivity index (χ2n) is 6.08. The van der Waals surface area contributed by atoms with Gasteiger partial charge in [-0.15, -0.1) is 0 Å². The van der Waals surface area contributed by atoms with E-state index in [0.29, 0.717) is 31.7 Å². The number of amides is 1. The number of nitrogens with zero attached hydrogens (tertiary/aromatic N) is 2. The zero-order chi connectivity index (χ0) is 14.4. The lowest BCUT2D eigenvalue weighted by Gasteiger charge is -2.27. The van der Waals surface area contributed by atoms with Crippen LogP contribution in [0.15, 0.2) is 0 Å². The van der Waals surface area contributed by atoms with Crippen LogP contribution in [-0.2, 0) is 4.74 Å². The van der Waals surface area contributed by atoms with E-state index in [-0.39, 0.29) is 12.1 Å². The zero-order valence-corrected chi connectivity index (χ0v) is 12.3. The summed E-state index contributed by atoms with van der Waals surface area (Å²) in [6.07, 6.45) is 6.80. The van der Waals surface area contributed by atoms with Crippen LogP contribution in [-0.4, -0.2) is 42.8 Å². The molecule has 112 valence electrons. The van der Waals surface area contributed by atoms with E-state index in [0.717, 1.165) is 6.42 Å². The molecule has 1 N–H and O–H groups in total. The molecule has 1 amide bonds. The number of hydrogen-bond donors (Lipinski definition) is 1. The fraction of sp³-hybridized carbons (Fsp3) is 0.867. The van der Waals surface area contributed by atoms with Crippen molar-refractivity contribution in [3.63, 3.8) is 0 Å². The van der Waals surface area contributed by atoms with E-state index < -0.39 is 0 Å². The maximum Gasteiger partial charge on any atom is 0.409 e. The van der Waals surface area contributed by atoms with E-state index in [9.17, 15) is 10.1 Å². The largest absolute Gasteiger partial charge is 0.448 e. The van der Waals surface area contributed by atoms with Gasteiger partial charge in [0.2, 0.25) is 0 Å². The van der Waals surface area contributed by atoms with Crippen LogP contribution in [0, 0.1) is 17.2 Å². The van der Waals surface area contributed by atoms with Gasteiger partial charge in [0.1, 0.15) is 6.61 Å². The molecule has 1 heterocycles. The molecule has 0 bridgehead atoms. The van der Waals surface area contributed by atoms with Crippen LogP contribution >= 0.6 is 0 Å². The molecule has 1 aliphatic carbocycles. The molecule has 1 aliphatic heterocycles. The topological polar surface area (TPSA) is 65.4 Å². The van der Waals surface area contributed by atoms with E-state index in [1.807, 2.05) is 0 Å². The first-order chi connectivity index (χ1) is 9.69. The predicted molar refractivity (Wildman–Crippen MR) is 76.1 cm³/mol. The Morgan fingerprint density at radius 2 is 2.20 bits per heavy atom. The highest BCUT2D eigenvalue weighted by Crippen LogP contribution is 2.19. The highest BCUT2D eigenvalue weighted by Gasteiger charge is 2.25. The summed E-state index contributed by atoms with van der Waals surface area (Å²) < 4.78 is 4.93. The highest BCUT2D eigenvalue weighted by atomic mass is 16.6.